The number of carbonyl (C=O) groups is 1. The van der Waals surface area contributed by atoms with Gasteiger partial charge in [-0.05, 0) is 12.5 Å². The van der Waals surface area contributed by atoms with Gasteiger partial charge in [0, 0.05) is 19.5 Å². The van der Waals surface area contributed by atoms with Crippen LogP contribution in [0, 0.1) is 0 Å². The van der Waals surface area contributed by atoms with E-state index in [0.717, 1.165) is 13.1 Å². The van der Waals surface area contributed by atoms with Gasteiger partial charge in [0.25, 0.3) is 0 Å². The van der Waals surface area contributed by atoms with Crippen molar-refractivity contribution in [1.29, 1.82) is 0 Å². The van der Waals surface area contributed by atoms with Crippen molar-refractivity contribution in [3.63, 3.8) is 0 Å². The van der Waals surface area contributed by atoms with Gasteiger partial charge in [0.1, 0.15) is 5.78 Å². The molecule has 1 aromatic carbocycles. The Balaban J connectivity index is 0.00000169. The van der Waals surface area contributed by atoms with E-state index in [4.69, 9.17) is 0 Å². The van der Waals surface area contributed by atoms with Crippen molar-refractivity contribution in [2.24, 2.45) is 0 Å². The average molecular weight is 214 g/mol. The van der Waals surface area contributed by atoms with Gasteiger partial charge in [-0.1, -0.05) is 30.3 Å². The normalized spacial score (nSPS) is 9.21. The zero-order valence-electron chi connectivity index (χ0n) is 8.32. The molecule has 1 N–H and O–H groups in total. The fourth-order valence-corrected chi connectivity index (χ4v) is 1.09. The number of halogens is 1. The third-order valence-corrected chi connectivity index (χ3v) is 1.83. The van der Waals surface area contributed by atoms with Gasteiger partial charge in [-0.3, -0.25) is 4.79 Å². The topological polar surface area (TPSA) is 29.1 Å². The molecule has 0 bridgehead atoms. The van der Waals surface area contributed by atoms with Gasteiger partial charge >= 0.3 is 0 Å². The molecule has 0 heterocycles. The minimum atomic E-state index is 0. The van der Waals surface area contributed by atoms with Gasteiger partial charge in [0.05, 0.1) is 0 Å². The van der Waals surface area contributed by atoms with Crippen LogP contribution in [0.1, 0.15) is 18.9 Å². The van der Waals surface area contributed by atoms with E-state index in [9.17, 15) is 4.79 Å². The molecule has 78 valence electrons. The summed E-state index contributed by atoms with van der Waals surface area (Å²) in [5.41, 5.74) is 1.26. The van der Waals surface area contributed by atoms with Gasteiger partial charge in [-0.2, -0.15) is 0 Å². The Hall–Kier alpha value is -0.860. The van der Waals surface area contributed by atoms with Crippen molar-refractivity contribution in [2.45, 2.75) is 19.9 Å². The van der Waals surface area contributed by atoms with Crippen LogP contribution in [0.25, 0.3) is 0 Å². The molecule has 0 fully saturated rings. The highest BCUT2D eigenvalue weighted by Gasteiger charge is 1.93. The molecule has 1 rings (SSSR count). The Morgan fingerprint density at radius 3 is 2.50 bits per heavy atom. The van der Waals surface area contributed by atoms with Gasteiger partial charge in [-0.25, -0.2) is 0 Å². The second-order valence-electron chi connectivity index (χ2n) is 3.11. The molecular weight excluding hydrogens is 198 g/mol. The molecule has 0 spiro atoms. The van der Waals surface area contributed by atoms with Crippen molar-refractivity contribution in [2.75, 3.05) is 6.54 Å². The lowest BCUT2D eigenvalue weighted by Gasteiger charge is -2.02. The first-order valence-electron chi connectivity index (χ1n) is 4.53. The summed E-state index contributed by atoms with van der Waals surface area (Å²) in [7, 11) is 0. The third-order valence-electron chi connectivity index (χ3n) is 1.83. The summed E-state index contributed by atoms with van der Waals surface area (Å²) in [6.45, 7) is 3.22. The molecule has 0 saturated heterocycles. The van der Waals surface area contributed by atoms with Crippen LogP contribution in [-0.2, 0) is 11.3 Å². The summed E-state index contributed by atoms with van der Waals surface area (Å²) in [6.07, 6.45) is 0.618. The third kappa shape index (κ3) is 5.73. The highest BCUT2D eigenvalue weighted by atomic mass is 35.5. The highest BCUT2D eigenvalue weighted by Crippen LogP contribution is 1.96. The molecule has 0 saturated carbocycles. The lowest BCUT2D eigenvalue weighted by Crippen LogP contribution is -2.16. The minimum Gasteiger partial charge on any atom is -0.312 e. The Kier molecular flexibility index (Phi) is 7.07. The summed E-state index contributed by atoms with van der Waals surface area (Å²) in [4.78, 5) is 10.6. The lowest BCUT2D eigenvalue weighted by molar-refractivity contribution is -0.116. The predicted octanol–water partition coefficient (Wildman–Crippen LogP) is 2.18. The maximum Gasteiger partial charge on any atom is 0.131 e. The van der Waals surface area contributed by atoms with Gasteiger partial charge in [0.15, 0.2) is 0 Å². The molecular formula is C11H16ClNO. The Morgan fingerprint density at radius 2 is 1.93 bits per heavy atom. The van der Waals surface area contributed by atoms with Crippen LogP contribution in [0.15, 0.2) is 30.3 Å². The van der Waals surface area contributed by atoms with Crippen molar-refractivity contribution in [3.05, 3.63) is 35.9 Å². The first-order chi connectivity index (χ1) is 6.29. The highest BCUT2D eigenvalue weighted by molar-refractivity contribution is 5.85. The first-order valence-corrected chi connectivity index (χ1v) is 4.53. The molecule has 14 heavy (non-hydrogen) atoms. The lowest BCUT2D eigenvalue weighted by atomic mass is 10.2. The first kappa shape index (κ1) is 13.1. The summed E-state index contributed by atoms with van der Waals surface area (Å²) in [5, 5.41) is 3.21. The number of nitrogens with one attached hydrogen (secondary N) is 1. The molecule has 0 aromatic heterocycles. The largest absolute Gasteiger partial charge is 0.312 e. The van der Waals surface area contributed by atoms with Crippen LogP contribution in [0.5, 0.6) is 0 Å². The van der Waals surface area contributed by atoms with Crippen LogP contribution in [0.4, 0.5) is 0 Å². The van der Waals surface area contributed by atoms with E-state index in [1.54, 1.807) is 6.92 Å². The van der Waals surface area contributed by atoms with E-state index in [2.05, 4.69) is 17.4 Å². The van der Waals surface area contributed by atoms with Crippen LogP contribution in [0.2, 0.25) is 0 Å². The van der Waals surface area contributed by atoms with E-state index in [1.165, 1.54) is 5.56 Å². The number of rotatable bonds is 5. The monoisotopic (exact) mass is 213 g/mol. The number of carbonyl (C=O) groups excluding carboxylic acids is 1. The summed E-state index contributed by atoms with van der Waals surface area (Å²) < 4.78 is 0. The van der Waals surface area contributed by atoms with E-state index in [1.807, 2.05) is 18.2 Å². The quantitative estimate of drug-likeness (QED) is 0.760. The molecule has 0 unspecified atom stereocenters. The van der Waals surface area contributed by atoms with E-state index in [0.29, 0.717) is 6.42 Å². The molecule has 0 atom stereocenters. The molecule has 1 aromatic rings. The molecule has 2 nitrogen and oxygen atoms in total. The number of Topliss-reactive ketones (excluding diaryl/α,β-unsaturated/α-hetero) is 1. The fraction of sp³-hybridized carbons (Fsp3) is 0.364. The molecule has 0 aliphatic rings. The molecule has 0 radical (unpaired) electrons. The summed E-state index contributed by atoms with van der Waals surface area (Å²) >= 11 is 0. The van der Waals surface area contributed by atoms with E-state index >= 15 is 0 Å². The average Bonchev–Trinajstić information content (AvgIpc) is 2.14. The van der Waals surface area contributed by atoms with Crippen LogP contribution >= 0.6 is 12.4 Å². The zero-order valence-corrected chi connectivity index (χ0v) is 9.14. The minimum absolute atomic E-state index is 0. The Bertz CT molecular complexity index is 261. The maximum atomic E-state index is 10.6. The van der Waals surface area contributed by atoms with E-state index in [-0.39, 0.29) is 18.2 Å². The van der Waals surface area contributed by atoms with Gasteiger partial charge < -0.3 is 5.32 Å². The SMILES string of the molecule is CC(=O)CCNCc1ccccc1.Cl. The van der Waals surface area contributed by atoms with Gasteiger partial charge in [-0.15, -0.1) is 12.4 Å². The summed E-state index contributed by atoms with van der Waals surface area (Å²) in [6, 6.07) is 10.2. The predicted molar refractivity (Wildman–Crippen MR) is 60.7 cm³/mol. The van der Waals surface area contributed by atoms with Crippen LogP contribution in [-0.4, -0.2) is 12.3 Å². The molecule has 3 heteroatoms. The Labute approximate surface area is 91.1 Å². The van der Waals surface area contributed by atoms with Crippen molar-refractivity contribution < 1.29 is 4.79 Å². The number of benzene rings is 1. The number of ketones is 1. The fourth-order valence-electron chi connectivity index (χ4n) is 1.09. The van der Waals surface area contributed by atoms with Crippen molar-refractivity contribution in [1.82, 2.24) is 5.32 Å². The smallest absolute Gasteiger partial charge is 0.131 e. The Morgan fingerprint density at radius 1 is 1.29 bits per heavy atom. The van der Waals surface area contributed by atoms with Crippen LogP contribution in [0.3, 0.4) is 0 Å². The molecule has 0 aliphatic heterocycles. The summed E-state index contributed by atoms with van der Waals surface area (Å²) in [5.74, 6) is 0.237. The number of hydrogen-bond acceptors (Lipinski definition) is 2. The molecule has 0 aliphatic carbocycles. The maximum absolute atomic E-state index is 10.6. The molecule has 0 amide bonds. The second kappa shape index (κ2) is 7.54. The van der Waals surface area contributed by atoms with Crippen LogP contribution < -0.4 is 5.32 Å². The number of hydrogen-bond donors (Lipinski definition) is 1. The van der Waals surface area contributed by atoms with Crippen molar-refractivity contribution in [3.8, 4) is 0 Å². The zero-order chi connectivity index (χ0) is 9.52. The van der Waals surface area contributed by atoms with E-state index < -0.39 is 0 Å². The standard InChI is InChI=1S/C11H15NO.ClH/c1-10(13)7-8-12-9-11-5-3-2-4-6-11;/h2-6,12H,7-9H2,1H3;1H. The second-order valence-corrected chi connectivity index (χ2v) is 3.11. The van der Waals surface area contributed by atoms with Gasteiger partial charge in [0.2, 0.25) is 0 Å². The van der Waals surface area contributed by atoms with Crippen molar-refractivity contribution >= 4 is 18.2 Å².